The van der Waals surface area contributed by atoms with Gasteiger partial charge in [0, 0.05) is 18.0 Å². The Hall–Kier alpha value is -1.55. The highest BCUT2D eigenvalue weighted by molar-refractivity contribution is 5.66. The maximum absolute atomic E-state index is 10.5. The fourth-order valence-corrected chi connectivity index (χ4v) is 2.43. The van der Waals surface area contributed by atoms with Crippen LogP contribution < -0.4 is 4.74 Å². The summed E-state index contributed by atoms with van der Waals surface area (Å²) in [6.07, 6.45) is 1.88. The number of hydrogen-bond acceptors (Lipinski definition) is 3. The van der Waals surface area contributed by atoms with Crippen molar-refractivity contribution in [2.75, 3.05) is 20.2 Å². The van der Waals surface area contributed by atoms with E-state index in [1.165, 1.54) is 5.56 Å². The Bertz CT molecular complexity index is 420. The van der Waals surface area contributed by atoms with Crippen molar-refractivity contribution in [2.45, 2.75) is 39.2 Å². The number of unbranched alkanes of at least 4 members (excludes halogenated alkanes) is 1. The van der Waals surface area contributed by atoms with Crippen molar-refractivity contribution in [3.8, 4) is 5.75 Å². The standard InChI is InChI=1S/C16H25NO3/c1-4-17(12-8-7-11-16(18)19)13(2)14-9-5-6-10-15(14)20-3/h5-6,9-10,13H,4,7-8,11-12H2,1-3H3,(H,18,19)/t13-/m0/s1. The van der Waals surface area contributed by atoms with Crippen molar-refractivity contribution in [3.63, 3.8) is 0 Å². The zero-order valence-corrected chi connectivity index (χ0v) is 12.6. The molecule has 0 aliphatic heterocycles. The van der Waals surface area contributed by atoms with Gasteiger partial charge in [-0.2, -0.15) is 0 Å². The molecule has 4 nitrogen and oxygen atoms in total. The Balaban J connectivity index is 2.61. The van der Waals surface area contributed by atoms with Gasteiger partial charge in [0.15, 0.2) is 0 Å². The van der Waals surface area contributed by atoms with Crippen molar-refractivity contribution in [1.29, 1.82) is 0 Å². The minimum Gasteiger partial charge on any atom is -0.496 e. The molecule has 112 valence electrons. The molecule has 0 aromatic heterocycles. The zero-order chi connectivity index (χ0) is 15.0. The molecule has 0 amide bonds. The number of aliphatic carboxylic acids is 1. The third-order valence-corrected chi connectivity index (χ3v) is 3.63. The number of carboxylic acid groups (broad SMARTS) is 1. The summed E-state index contributed by atoms with van der Waals surface area (Å²) < 4.78 is 5.41. The first kappa shape index (κ1) is 16.5. The van der Waals surface area contributed by atoms with Gasteiger partial charge in [0.05, 0.1) is 7.11 Å². The van der Waals surface area contributed by atoms with Crippen LogP contribution in [0, 0.1) is 0 Å². The van der Waals surface area contributed by atoms with Gasteiger partial charge in [-0.25, -0.2) is 0 Å². The van der Waals surface area contributed by atoms with Crippen LogP contribution in [0.5, 0.6) is 5.75 Å². The summed E-state index contributed by atoms with van der Waals surface area (Å²) in [6.45, 7) is 6.14. The first-order valence-corrected chi connectivity index (χ1v) is 7.18. The average Bonchev–Trinajstić information content (AvgIpc) is 2.46. The van der Waals surface area contributed by atoms with Gasteiger partial charge in [0.2, 0.25) is 0 Å². The molecule has 20 heavy (non-hydrogen) atoms. The highest BCUT2D eigenvalue weighted by atomic mass is 16.5. The molecule has 1 aromatic carbocycles. The number of ether oxygens (including phenoxy) is 1. The van der Waals surface area contributed by atoms with E-state index in [1.54, 1.807) is 7.11 Å². The summed E-state index contributed by atoms with van der Waals surface area (Å²) in [5.74, 6) is 0.190. The molecule has 0 unspecified atom stereocenters. The number of hydrogen-bond donors (Lipinski definition) is 1. The second-order valence-electron chi connectivity index (χ2n) is 4.90. The van der Waals surface area contributed by atoms with Crippen molar-refractivity contribution in [1.82, 2.24) is 4.90 Å². The predicted molar refractivity (Wildman–Crippen MR) is 80.1 cm³/mol. The van der Waals surface area contributed by atoms with E-state index < -0.39 is 5.97 Å². The molecule has 0 heterocycles. The van der Waals surface area contributed by atoms with Gasteiger partial charge in [-0.05, 0) is 38.9 Å². The zero-order valence-electron chi connectivity index (χ0n) is 12.6. The fourth-order valence-electron chi connectivity index (χ4n) is 2.43. The molecule has 0 saturated carbocycles. The van der Waals surface area contributed by atoms with E-state index >= 15 is 0 Å². The molecule has 0 bridgehead atoms. The number of para-hydroxylation sites is 1. The van der Waals surface area contributed by atoms with E-state index in [0.717, 1.165) is 31.7 Å². The van der Waals surface area contributed by atoms with Gasteiger partial charge in [-0.3, -0.25) is 9.69 Å². The quantitative estimate of drug-likeness (QED) is 0.704. The van der Waals surface area contributed by atoms with E-state index in [0.29, 0.717) is 0 Å². The van der Waals surface area contributed by atoms with Crippen LogP contribution in [0.4, 0.5) is 0 Å². The molecular weight excluding hydrogens is 254 g/mol. The number of carboxylic acids is 1. The van der Waals surface area contributed by atoms with E-state index in [-0.39, 0.29) is 12.5 Å². The van der Waals surface area contributed by atoms with Crippen molar-refractivity contribution < 1.29 is 14.6 Å². The van der Waals surface area contributed by atoms with Crippen LogP contribution in [0.1, 0.15) is 44.7 Å². The van der Waals surface area contributed by atoms with Crippen LogP contribution in [-0.4, -0.2) is 36.2 Å². The molecule has 0 spiro atoms. The van der Waals surface area contributed by atoms with Crippen LogP contribution in [0.25, 0.3) is 0 Å². The van der Waals surface area contributed by atoms with E-state index in [2.05, 4.69) is 24.8 Å². The minimum absolute atomic E-state index is 0.251. The lowest BCUT2D eigenvalue weighted by molar-refractivity contribution is -0.137. The lowest BCUT2D eigenvalue weighted by Crippen LogP contribution is -2.28. The van der Waals surface area contributed by atoms with Crippen LogP contribution in [-0.2, 0) is 4.79 Å². The lowest BCUT2D eigenvalue weighted by atomic mass is 10.0. The Morgan fingerprint density at radius 1 is 1.35 bits per heavy atom. The number of rotatable bonds is 9. The molecular formula is C16H25NO3. The molecule has 0 saturated heterocycles. The number of nitrogens with zero attached hydrogens (tertiary/aromatic N) is 1. The normalized spacial score (nSPS) is 12.4. The number of carbonyl (C=O) groups is 1. The Morgan fingerprint density at radius 2 is 2.05 bits per heavy atom. The Labute approximate surface area is 121 Å². The molecule has 0 radical (unpaired) electrons. The molecule has 0 aliphatic carbocycles. The monoisotopic (exact) mass is 279 g/mol. The highest BCUT2D eigenvalue weighted by Crippen LogP contribution is 2.28. The summed E-state index contributed by atoms with van der Waals surface area (Å²) >= 11 is 0. The van der Waals surface area contributed by atoms with E-state index in [9.17, 15) is 4.79 Å². The minimum atomic E-state index is -0.717. The van der Waals surface area contributed by atoms with Crippen molar-refractivity contribution >= 4 is 5.97 Å². The number of benzene rings is 1. The molecule has 4 heteroatoms. The summed E-state index contributed by atoms with van der Waals surface area (Å²) in [7, 11) is 1.69. The summed E-state index contributed by atoms with van der Waals surface area (Å²) in [5.41, 5.74) is 1.18. The number of methoxy groups -OCH3 is 1. The SMILES string of the molecule is CCN(CCCCC(=O)O)[C@@H](C)c1ccccc1OC. The predicted octanol–water partition coefficient (Wildman–Crippen LogP) is 3.33. The molecule has 1 rings (SSSR count). The second-order valence-corrected chi connectivity index (χ2v) is 4.90. The second kappa shape index (κ2) is 8.59. The van der Waals surface area contributed by atoms with Gasteiger partial charge in [-0.1, -0.05) is 25.1 Å². The molecule has 0 fully saturated rings. The van der Waals surface area contributed by atoms with E-state index in [1.807, 2.05) is 18.2 Å². The molecule has 1 N–H and O–H groups in total. The van der Waals surface area contributed by atoms with Crippen LogP contribution >= 0.6 is 0 Å². The average molecular weight is 279 g/mol. The van der Waals surface area contributed by atoms with Crippen molar-refractivity contribution in [2.24, 2.45) is 0 Å². The molecule has 1 aromatic rings. The maximum Gasteiger partial charge on any atom is 0.303 e. The Morgan fingerprint density at radius 3 is 2.65 bits per heavy atom. The van der Waals surface area contributed by atoms with E-state index in [4.69, 9.17) is 9.84 Å². The topological polar surface area (TPSA) is 49.8 Å². The first-order valence-electron chi connectivity index (χ1n) is 7.18. The first-order chi connectivity index (χ1) is 9.60. The smallest absolute Gasteiger partial charge is 0.303 e. The summed E-state index contributed by atoms with van der Waals surface area (Å²) in [6, 6.07) is 8.32. The van der Waals surface area contributed by atoms with Crippen molar-refractivity contribution in [3.05, 3.63) is 29.8 Å². The van der Waals surface area contributed by atoms with Gasteiger partial charge in [0.1, 0.15) is 5.75 Å². The third-order valence-electron chi connectivity index (χ3n) is 3.63. The van der Waals surface area contributed by atoms with Crippen LogP contribution in [0.2, 0.25) is 0 Å². The summed E-state index contributed by atoms with van der Waals surface area (Å²) in [4.78, 5) is 12.9. The van der Waals surface area contributed by atoms with Gasteiger partial charge in [0.25, 0.3) is 0 Å². The molecule has 1 atom stereocenters. The molecule has 0 aliphatic rings. The van der Waals surface area contributed by atoms with Gasteiger partial charge >= 0.3 is 5.97 Å². The van der Waals surface area contributed by atoms with Gasteiger partial charge in [-0.15, -0.1) is 0 Å². The fraction of sp³-hybridized carbons (Fsp3) is 0.562. The maximum atomic E-state index is 10.5. The van der Waals surface area contributed by atoms with Crippen LogP contribution in [0.3, 0.4) is 0 Å². The third kappa shape index (κ3) is 4.85. The lowest BCUT2D eigenvalue weighted by Gasteiger charge is -2.29. The summed E-state index contributed by atoms with van der Waals surface area (Å²) in [5, 5.41) is 8.66. The Kier molecular flexibility index (Phi) is 7.09. The van der Waals surface area contributed by atoms with Gasteiger partial charge < -0.3 is 9.84 Å². The highest BCUT2D eigenvalue weighted by Gasteiger charge is 2.17. The largest absolute Gasteiger partial charge is 0.496 e. The van der Waals surface area contributed by atoms with Crippen LogP contribution in [0.15, 0.2) is 24.3 Å².